The van der Waals surface area contributed by atoms with Gasteiger partial charge in [0, 0.05) is 37.2 Å². The summed E-state index contributed by atoms with van der Waals surface area (Å²) in [5, 5.41) is 6.92. The van der Waals surface area contributed by atoms with E-state index >= 15 is 0 Å². The summed E-state index contributed by atoms with van der Waals surface area (Å²) >= 11 is 0. The molecule has 1 unspecified atom stereocenters. The molecule has 28 heavy (non-hydrogen) atoms. The molecule has 1 aliphatic rings. The van der Waals surface area contributed by atoms with Gasteiger partial charge in [0.1, 0.15) is 22.8 Å². The van der Waals surface area contributed by atoms with Crippen molar-refractivity contribution in [3.05, 3.63) is 53.6 Å². The van der Waals surface area contributed by atoms with Gasteiger partial charge in [-0.3, -0.25) is 4.99 Å². The molecule has 2 N–H and O–H groups in total. The van der Waals surface area contributed by atoms with Gasteiger partial charge in [-0.15, -0.1) is 0 Å². The molecule has 3 rings (SSSR count). The van der Waals surface area contributed by atoms with Crippen molar-refractivity contribution in [2.24, 2.45) is 4.99 Å². The lowest BCUT2D eigenvalue weighted by molar-refractivity contribution is 0.0694. The third-order valence-corrected chi connectivity index (χ3v) is 4.85. The van der Waals surface area contributed by atoms with Crippen molar-refractivity contribution in [2.45, 2.75) is 38.5 Å². The van der Waals surface area contributed by atoms with Gasteiger partial charge in [-0.25, -0.2) is 0 Å². The molecule has 1 atom stereocenters. The van der Waals surface area contributed by atoms with E-state index in [1.165, 1.54) is 0 Å². The molecular formula is C22H29N3O3. The second-order valence-corrected chi connectivity index (χ2v) is 7.40. The number of methoxy groups -OCH3 is 2. The molecule has 0 bridgehead atoms. The van der Waals surface area contributed by atoms with Crippen LogP contribution in [0.3, 0.4) is 0 Å². The summed E-state index contributed by atoms with van der Waals surface area (Å²) in [6.45, 7) is 4.80. The molecule has 0 radical (unpaired) electrons. The molecule has 0 saturated heterocycles. The largest absolute Gasteiger partial charge is 0.497 e. The minimum absolute atomic E-state index is 0.115. The first-order valence-corrected chi connectivity index (χ1v) is 9.42. The molecule has 150 valence electrons. The Balaban J connectivity index is 1.72. The minimum Gasteiger partial charge on any atom is -0.497 e. The average Bonchev–Trinajstić information content (AvgIpc) is 2.69. The van der Waals surface area contributed by atoms with Gasteiger partial charge in [-0.05, 0) is 32.0 Å². The number of ether oxygens (including phenoxy) is 3. The van der Waals surface area contributed by atoms with Gasteiger partial charge in [-0.2, -0.15) is 0 Å². The van der Waals surface area contributed by atoms with Crippen LogP contribution in [-0.2, 0) is 6.54 Å². The zero-order chi connectivity index (χ0) is 20.1. The van der Waals surface area contributed by atoms with Crippen LogP contribution in [0.15, 0.2) is 47.5 Å². The van der Waals surface area contributed by atoms with Gasteiger partial charge in [0.2, 0.25) is 0 Å². The van der Waals surface area contributed by atoms with Crippen LogP contribution in [0.25, 0.3) is 0 Å². The molecule has 6 nitrogen and oxygen atoms in total. The van der Waals surface area contributed by atoms with Crippen molar-refractivity contribution < 1.29 is 14.2 Å². The van der Waals surface area contributed by atoms with Crippen molar-refractivity contribution in [1.29, 1.82) is 0 Å². The molecule has 0 saturated carbocycles. The van der Waals surface area contributed by atoms with Crippen LogP contribution in [0.4, 0.5) is 0 Å². The highest BCUT2D eigenvalue weighted by molar-refractivity contribution is 5.80. The van der Waals surface area contributed by atoms with E-state index in [0.29, 0.717) is 6.54 Å². The summed E-state index contributed by atoms with van der Waals surface area (Å²) in [7, 11) is 5.08. The Hall–Kier alpha value is -2.89. The van der Waals surface area contributed by atoms with E-state index in [4.69, 9.17) is 14.2 Å². The van der Waals surface area contributed by atoms with Crippen molar-refractivity contribution in [1.82, 2.24) is 10.6 Å². The van der Waals surface area contributed by atoms with Crippen molar-refractivity contribution in [3.8, 4) is 17.2 Å². The lowest BCUT2D eigenvalue weighted by atomic mass is 9.90. The monoisotopic (exact) mass is 383 g/mol. The third kappa shape index (κ3) is 4.50. The summed E-state index contributed by atoms with van der Waals surface area (Å²) in [4.78, 5) is 4.40. The highest BCUT2D eigenvalue weighted by Crippen LogP contribution is 2.39. The number of aliphatic imine (C=N–C) groups is 1. The standard InChI is InChI=1S/C22H29N3O3/c1-22(2)13-18(17-8-6-7-9-19(17)28-22)25-21(23-3)24-14-15-10-11-16(26-4)12-20(15)27-5/h6-12,18H,13-14H2,1-5H3,(H2,23,24,25). The van der Waals surface area contributed by atoms with Gasteiger partial charge in [0.05, 0.1) is 20.3 Å². The molecule has 0 spiro atoms. The highest BCUT2D eigenvalue weighted by Gasteiger charge is 2.33. The molecule has 2 aromatic carbocycles. The number of rotatable bonds is 5. The molecule has 1 heterocycles. The number of para-hydroxylation sites is 1. The van der Waals surface area contributed by atoms with Gasteiger partial charge >= 0.3 is 0 Å². The maximum atomic E-state index is 6.12. The highest BCUT2D eigenvalue weighted by atomic mass is 16.5. The normalized spacial score (nSPS) is 17.9. The van der Waals surface area contributed by atoms with E-state index in [-0.39, 0.29) is 11.6 Å². The van der Waals surface area contributed by atoms with Crippen LogP contribution in [-0.4, -0.2) is 32.8 Å². The number of benzene rings is 2. The fourth-order valence-electron chi connectivity index (χ4n) is 3.47. The zero-order valence-electron chi connectivity index (χ0n) is 17.2. The molecule has 0 amide bonds. The van der Waals surface area contributed by atoms with Crippen LogP contribution in [0.1, 0.15) is 37.4 Å². The van der Waals surface area contributed by atoms with Crippen LogP contribution in [0.2, 0.25) is 0 Å². The first kappa shape index (κ1) is 19.9. The maximum absolute atomic E-state index is 6.12. The van der Waals surface area contributed by atoms with Crippen molar-refractivity contribution in [3.63, 3.8) is 0 Å². The summed E-state index contributed by atoms with van der Waals surface area (Å²) in [6.07, 6.45) is 0.844. The fourth-order valence-corrected chi connectivity index (χ4v) is 3.47. The molecule has 0 fully saturated rings. The predicted octanol–water partition coefficient (Wildman–Crippen LogP) is 3.67. The second-order valence-electron chi connectivity index (χ2n) is 7.40. The van der Waals surface area contributed by atoms with Crippen molar-refractivity contribution in [2.75, 3.05) is 21.3 Å². The zero-order valence-corrected chi connectivity index (χ0v) is 17.2. The van der Waals surface area contributed by atoms with E-state index < -0.39 is 0 Å². The Kier molecular flexibility index (Phi) is 5.97. The molecule has 0 aromatic heterocycles. The smallest absolute Gasteiger partial charge is 0.191 e. The van der Waals surface area contributed by atoms with E-state index in [9.17, 15) is 0 Å². The number of nitrogens with zero attached hydrogens (tertiary/aromatic N) is 1. The number of guanidine groups is 1. The third-order valence-electron chi connectivity index (χ3n) is 4.85. The molecular weight excluding hydrogens is 354 g/mol. The predicted molar refractivity (Wildman–Crippen MR) is 111 cm³/mol. The van der Waals surface area contributed by atoms with Crippen LogP contribution < -0.4 is 24.8 Å². The Labute approximate surface area is 166 Å². The van der Waals surface area contributed by atoms with E-state index in [2.05, 4.69) is 35.5 Å². The molecule has 6 heteroatoms. The number of fused-ring (bicyclic) bond motifs is 1. The van der Waals surface area contributed by atoms with Crippen LogP contribution in [0.5, 0.6) is 17.2 Å². The quantitative estimate of drug-likeness (QED) is 0.609. The summed E-state index contributed by atoms with van der Waals surface area (Å²) in [5.74, 6) is 3.20. The first-order valence-electron chi connectivity index (χ1n) is 9.42. The summed E-state index contributed by atoms with van der Waals surface area (Å²) in [5.41, 5.74) is 1.93. The van der Waals surface area contributed by atoms with Crippen LogP contribution >= 0.6 is 0 Å². The first-order chi connectivity index (χ1) is 13.5. The van der Waals surface area contributed by atoms with Crippen molar-refractivity contribution >= 4 is 5.96 Å². The molecule has 0 aliphatic carbocycles. The Bertz CT molecular complexity index is 849. The van der Waals surface area contributed by atoms with Gasteiger partial charge < -0.3 is 24.8 Å². The average molecular weight is 383 g/mol. The number of hydrogen-bond donors (Lipinski definition) is 2. The van der Waals surface area contributed by atoms with E-state index in [1.54, 1.807) is 21.3 Å². The Morgan fingerprint density at radius 1 is 1.18 bits per heavy atom. The Morgan fingerprint density at radius 3 is 2.68 bits per heavy atom. The van der Waals surface area contributed by atoms with E-state index in [0.717, 1.165) is 40.8 Å². The van der Waals surface area contributed by atoms with Gasteiger partial charge in [-0.1, -0.05) is 18.2 Å². The lowest BCUT2D eigenvalue weighted by Gasteiger charge is -2.38. The van der Waals surface area contributed by atoms with Gasteiger partial charge in [0.15, 0.2) is 5.96 Å². The Morgan fingerprint density at radius 2 is 1.96 bits per heavy atom. The summed E-state index contributed by atoms with van der Waals surface area (Å²) < 4.78 is 16.9. The van der Waals surface area contributed by atoms with Gasteiger partial charge in [0.25, 0.3) is 0 Å². The fraction of sp³-hybridized carbons (Fsp3) is 0.409. The minimum atomic E-state index is -0.246. The number of nitrogens with one attached hydrogen (secondary N) is 2. The summed E-state index contributed by atoms with van der Waals surface area (Å²) in [6, 6.07) is 14.1. The SMILES string of the molecule is CN=C(NCc1ccc(OC)cc1OC)NC1CC(C)(C)Oc2ccccc21. The maximum Gasteiger partial charge on any atom is 0.191 e. The molecule has 1 aliphatic heterocycles. The molecule has 2 aromatic rings. The lowest BCUT2D eigenvalue weighted by Crippen LogP contribution is -2.45. The number of hydrogen-bond acceptors (Lipinski definition) is 4. The topological polar surface area (TPSA) is 64.1 Å². The second kappa shape index (κ2) is 8.42. The van der Waals surface area contributed by atoms with Crippen LogP contribution in [0, 0.1) is 0 Å². The van der Waals surface area contributed by atoms with E-state index in [1.807, 2.05) is 36.4 Å².